The van der Waals surface area contributed by atoms with Gasteiger partial charge in [0.05, 0.1) is 18.9 Å². The van der Waals surface area contributed by atoms with E-state index < -0.39 is 12.0 Å². The van der Waals surface area contributed by atoms with Gasteiger partial charge in [0.1, 0.15) is 6.10 Å². The molecule has 172 valence electrons. The van der Waals surface area contributed by atoms with Crippen molar-refractivity contribution in [1.82, 2.24) is 9.97 Å². The lowest BCUT2D eigenvalue weighted by molar-refractivity contribution is -0.125. The minimum Gasteiger partial charge on any atom is -0.383 e. The lowest BCUT2D eigenvalue weighted by atomic mass is 10.1. The summed E-state index contributed by atoms with van der Waals surface area (Å²) in [5.41, 5.74) is 4.36. The van der Waals surface area contributed by atoms with E-state index in [1.165, 1.54) is 5.69 Å². The summed E-state index contributed by atoms with van der Waals surface area (Å²) < 4.78 is 5.41. The van der Waals surface area contributed by atoms with Crippen LogP contribution in [0.4, 0.5) is 23.0 Å². The van der Waals surface area contributed by atoms with Crippen LogP contribution in [-0.2, 0) is 9.53 Å². The highest BCUT2D eigenvalue weighted by atomic mass is 16.5. The second-order valence-corrected chi connectivity index (χ2v) is 8.29. The molecule has 0 saturated carbocycles. The fourth-order valence-corrected chi connectivity index (χ4v) is 3.53. The van der Waals surface area contributed by atoms with E-state index in [1.807, 2.05) is 30.3 Å². The van der Waals surface area contributed by atoms with Crippen molar-refractivity contribution in [3.8, 4) is 11.3 Å². The van der Waals surface area contributed by atoms with Crippen molar-refractivity contribution in [2.24, 2.45) is 5.92 Å². The number of carbonyl (C=O) groups is 1. The zero-order chi connectivity index (χ0) is 23.2. The molecule has 0 radical (unpaired) electrons. The standard InChI is InChI=1S/C25H29N5O3/c1-17(2)23(31)24(32)27-19-5-3-18(4-6-19)22-11-12-26-25(29-22)28-20-7-9-21(10-8-20)30-13-15-33-16-14-30/h3-12,17,23,31H,13-16H2,1-2H3,(H,27,32)(H,26,28,29)/t23-/m1/s1. The molecule has 0 spiro atoms. The molecule has 2 aromatic carbocycles. The normalized spacial score (nSPS) is 14.7. The molecule has 4 rings (SSSR count). The van der Waals surface area contributed by atoms with Gasteiger partial charge in [-0.1, -0.05) is 26.0 Å². The van der Waals surface area contributed by atoms with E-state index in [2.05, 4.69) is 37.6 Å². The van der Waals surface area contributed by atoms with Gasteiger partial charge in [-0.05, 0) is 48.4 Å². The smallest absolute Gasteiger partial charge is 0.253 e. The number of amides is 1. The van der Waals surface area contributed by atoms with Gasteiger partial charge in [-0.25, -0.2) is 9.97 Å². The highest BCUT2D eigenvalue weighted by molar-refractivity contribution is 5.94. The molecule has 33 heavy (non-hydrogen) atoms. The SMILES string of the molecule is CC(C)[C@@H](O)C(=O)Nc1ccc(-c2ccnc(Nc3ccc(N4CCOCC4)cc3)n2)cc1. The lowest BCUT2D eigenvalue weighted by Gasteiger charge is -2.28. The number of aliphatic hydroxyl groups excluding tert-OH is 1. The Hall–Kier alpha value is -3.49. The summed E-state index contributed by atoms with van der Waals surface area (Å²) in [5, 5.41) is 15.9. The molecule has 1 saturated heterocycles. The number of hydrogen-bond donors (Lipinski definition) is 3. The Bertz CT molecular complexity index is 1060. The Kier molecular flexibility index (Phi) is 7.16. The molecular formula is C25H29N5O3. The van der Waals surface area contributed by atoms with Crippen molar-refractivity contribution >= 4 is 28.9 Å². The molecule has 8 heteroatoms. The summed E-state index contributed by atoms with van der Waals surface area (Å²) in [4.78, 5) is 23.3. The van der Waals surface area contributed by atoms with Crippen molar-refractivity contribution in [2.75, 3.05) is 41.8 Å². The average molecular weight is 448 g/mol. The molecule has 1 fully saturated rings. The molecule has 1 aliphatic rings. The molecule has 2 heterocycles. The number of ether oxygens (including phenoxy) is 1. The monoisotopic (exact) mass is 447 g/mol. The van der Waals surface area contributed by atoms with Gasteiger partial charge in [-0.3, -0.25) is 4.79 Å². The van der Waals surface area contributed by atoms with E-state index in [-0.39, 0.29) is 5.92 Å². The van der Waals surface area contributed by atoms with Crippen molar-refractivity contribution < 1.29 is 14.6 Å². The van der Waals surface area contributed by atoms with E-state index in [4.69, 9.17) is 4.74 Å². The topological polar surface area (TPSA) is 99.6 Å². The number of aliphatic hydroxyl groups is 1. The number of aromatic nitrogens is 2. The third kappa shape index (κ3) is 5.85. The Morgan fingerprint density at radius 1 is 1.00 bits per heavy atom. The van der Waals surface area contributed by atoms with Crippen LogP contribution in [0.2, 0.25) is 0 Å². The van der Waals surface area contributed by atoms with Crippen molar-refractivity contribution in [3.05, 3.63) is 60.8 Å². The molecule has 1 atom stereocenters. The molecule has 3 aromatic rings. The summed E-state index contributed by atoms with van der Waals surface area (Å²) in [7, 11) is 0. The van der Waals surface area contributed by atoms with Gasteiger partial charge >= 0.3 is 0 Å². The second-order valence-electron chi connectivity index (χ2n) is 8.29. The summed E-state index contributed by atoms with van der Waals surface area (Å²) in [6.07, 6.45) is 0.671. The summed E-state index contributed by atoms with van der Waals surface area (Å²) in [5.74, 6) is -0.0539. The first kappa shape index (κ1) is 22.7. The third-order valence-corrected chi connectivity index (χ3v) is 5.50. The highest BCUT2D eigenvalue weighted by Crippen LogP contribution is 2.23. The van der Waals surface area contributed by atoms with Crippen LogP contribution in [0.25, 0.3) is 11.3 Å². The zero-order valence-electron chi connectivity index (χ0n) is 18.9. The van der Waals surface area contributed by atoms with Crippen LogP contribution < -0.4 is 15.5 Å². The van der Waals surface area contributed by atoms with Crippen LogP contribution in [0.3, 0.4) is 0 Å². The van der Waals surface area contributed by atoms with E-state index in [9.17, 15) is 9.90 Å². The number of rotatable bonds is 7. The number of benzene rings is 2. The summed E-state index contributed by atoms with van der Waals surface area (Å²) >= 11 is 0. The second kappa shape index (κ2) is 10.4. The first-order valence-corrected chi connectivity index (χ1v) is 11.1. The van der Waals surface area contributed by atoms with Gasteiger partial charge in [0.25, 0.3) is 5.91 Å². The Labute approximate surface area is 193 Å². The predicted molar refractivity (Wildman–Crippen MR) is 130 cm³/mol. The minimum atomic E-state index is -1.04. The predicted octanol–water partition coefficient (Wildman–Crippen LogP) is 3.68. The number of hydrogen-bond acceptors (Lipinski definition) is 7. The van der Waals surface area contributed by atoms with Crippen LogP contribution in [0.1, 0.15) is 13.8 Å². The first-order chi connectivity index (χ1) is 16.0. The molecule has 0 unspecified atom stereocenters. The maximum atomic E-state index is 12.0. The van der Waals surface area contributed by atoms with E-state index in [1.54, 1.807) is 32.2 Å². The summed E-state index contributed by atoms with van der Waals surface area (Å²) in [6.45, 7) is 6.91. The number of carbonyl (C=O) groups excluding carboxylic acids is 1. The molecule has 3 N–H and O–H groups in total. The number of nitrogens with zero attached hydrogens (tertiary/aromatic N) is 3. The van der Waals surface area contributed by atoms with E-state index in [0.717, 1.165) is 43.2 Å². The molecule has 1 amide bonds. The number of anilines is 4. The quantitative estimate of drug-likeness (QED) is 0.508. The van der Waals surface area contributed by atoms with Crippen molar-refractivity contribution in [1.29, 1.82) is 0 Å². The van der Waals surface area contributed by atoms with E-state index in [0.29, 0.717) is 11.6 Å². The van der Waals surface area contributed by atoms with Gasteiger partial charge in [0.2, 0.25) is 5.95 Å². The Morgan fingerprint density at radius 3 is 2.33 bits per heavy atom. The minimum absolute atomic E-state index is 0.146. The average Bonchev–Trinajstić information content (AvgIpc) is 2.85. The molecule has 0 bridgehead atoms. The van der Waals surface area contributed by atoms with Crippen molar-refractivity contribution in [2.45, 2.75) is 20.0 Å². The first-order valence-electron chi connectivity index (χ1n) is 11.1. The van der Waals surface area contributed by atoms with Gasteiger partial charge in [-0.2, -0.15) is 0 Å². The van der Waals surface area contributed by atoms with Crippen LogP contribution in [0.15, 0.2) is 60.8 Å². The van der Waals surface area contributed by atoms with Crippen LogP contribution in [0, 0.1) is 5.92 Å². The van der Waals surface area contributed by atoms with Crippen LogP contribution >= 0.6 is 0 Å². The largest absolute Gasteiger partial charge is 0.383 e. The van der Waals surface area contributed by atoms with E-state index >= 15 is 0 Å². The fourth-order valence-electron chi connectivity index (χ4n) is 3.53. The molecule has 8 nitrogen and oxygen atoms in total. The molecule has 1 aliphatic heterocycles. The molecular weight excluding hydrogens is 418 g/mol. The highest BCUT2D eigenvalue weighted by Gasteiger charge is 2.18. The van der Waals surface area contributed by atoms with Gasteiger partial charge in [0, 0.05) is 41.9 Å². The molecule has 0 aliphatic carbocycles. The van der Waals surface area contributed by atoms with Gasteiger partial charge in [-0.15, -0.1) is 0 Å². The number of morpholine rings is 1. The van der Waals surface area contributed by atoms with Gasteiger partial charge in [0.15, 0.2) is 0 Å². The van der Waals surface area contributed by atoms with Crippen molar-refractivity contribution in [3.63, 3.8) is 0 Å². The van der Waals surface area contributed by atoms with Crippen LogP contribution in [-0.4, -0.2) is 53.4 Å². The lowest BCUT2D eigenvalue weighted by Crippen LogP contribution is -2.36. The maximum Gasteiger partial charge on any atom is 0.253 e. The Morgan fingerprint density at radius 2 is 1.67 bits per heavy atom. The maximum absolute atomic E-state index is 12.0. The van der Waals surface area contributed by atoms with Gasteiger partial charge < -0.3 is 25.4 Å². The third-order valence-electron chi connectivity index (χ3n) is 5.50. The Balaban J connectivity index is 1.41. The number of nitrogens with one attached hydrogen (secondary N) is 2. The van der Waals surface area contributed by atoms with Crippen LogP contribution in [0.5, 0.6) is 0 Å². The summed E-state index contributed by atoms with van der Waals surface area (Å²) in [6, 6.07) is 17.4. The fraction of sp³-hybridized carbons (Fsp3) is 0.320. The molecule has 1 aromatic heterocycles. The zero-order valence-corrected chi connectivity index (χ0v) is 18.9.